The number of halogens is 4. The lowest BCUT2D eigenvalue weighted by Crippen LogP contribution is -2.14. The van der Waals surface area contributed by atoms with Crippen molar-refractivity contribution in [2.24, 2.45) is 0 Å². The van der Waals surface area contributed by atoms with E-state index < -0.39 is 10.8 Å². The number of hydrogen-bond donors (Lipinski definition) is 1. The van der Waals surface area contributed by atoms with Crippen molar-refractivity contribution < 1.29 is 14.5 Å². The van der Waals surface area contributed by atoms with Crippen LogP contribution < -0.4 is 10.1 Å². The third-order valence-corrected chi connectivity index (χ3v) is 5.66. The molecule has 0 unspecified atom stereocenters. The van der Waals surface area contributed by atoms with Gasteiger partial charge in [-0.05, 0) is 75.9 Å². The number of hydrogen-bond acceptors (Lipinski definition) is 5. The number of nitriles is 1. The van der Waals surface area contributed by atoms with Gasteiger partial charge in [0.25, 0.3) is 11.6 Å². The fourth-order valence-electron chi connectivity index (χ4n) is 2.23. The van der Waals surface area contributed by atoms with Gasteiger partial charge in [0.15, 0.2) is 0 Å². The quantitative estimate of drug-likeness (QED) is 0.134. The second-order valence-corrected chi connectivity index (χ2v) is 8.55. The van der Waals surface area contributed by atoms with Crippen molar-refractivity contribution in [3.8, 4) is 11.8 Å². The van der Waals surface area contributed by atoms with Crippen LogP contribution in [0.5, 0.6) is 5.75 Å². The average molecular weight is 658 g/mol. The Hall–Kier alpha value is -1.62. The summed E-state index contributed by atoms with van der Waals surface area (Å²) >= 11 is 16.2. The number of nitro benzene ring substituents is 1. The summed E-state index contributed by atoms with van der Waals surface area (Å²) in [5.74, 6) is -0.0118. The lowest BCUT2D eigenvalue weighted by Gasteiger charge is -2.10. The topological polar surface area (TPSA) is 105 Å². The Labute approximate surface area is 203 Å². The van der Waals surface area contributed by atoms with Crippen LogP contribution in [-0.4, -0.2) is 17.4 Å². The molecule has 29 heavy (non-hydrogen) atoms. The molecule has 1 amide bonds. The molecule has 11 heteroatoms. The van der Waals surface area contributed by atoms with Gasteiger partial charge in [0, 0.05) is 12.1 Å². The van der Waals surface area contributed by atoms with Crippen LogP contribution in [0.2, 0.25) is 10.0 Å². The predicted octanol–water partition coefficient (Wildman–Crippen LogP) is 6.06. The van der Waals surface area contributed by atoms with Gasteiger partial charge in [-0.1, -0.05) is 23.2 Å². The molecule has 0 radical (unpaired) electrons. The minimum Gasteiger partial charge on any atom is -0.492 e. The maximum absolute atomic E-state index is 12.5. The Morgan fingerprint density at radius 3 is 2.28 bits per heavy atom. The first-order valence-corrected chi connectivity index (χ1v) is 10.8. The van der Waals surface area contributed by atoms with E-state index in [1.807, 2.05) is 13.0 Å². The number of anilines is 1. The fourth-order valence-corrected chi connectivity index (χ4v) is 4.92. The second kappa shape index (κ2) is 10.4. The maximum atomic E-state index is 12.5. The van der Waals surface area contributed by atoms with Crippen LogP contribution in [-0.2, 0) is 4.79 Å². The van der Waals surface area contributed by atoms with E-state index in [9.17, 15) is 20.2 Å². The van der Waals surface area contributed by atoms with Gasteiger partial charge in [0.05, 0.1) is 34.4 Å². The summed E-state index contributed by atoms with van der Waals surface area (Å²) in [5, 5.41) is 22.5. The molecule has 2 aromatic rings. The third-order valence-electron chi connectivity index (χ3n) is 3.46. The van der Waals surface area contributed by atoms with Gasteiger partial charge in [0.2, 0.25) is 0 Å². The summed E-state index contributed by atoms with van der Waals surface area (Å²) in [7, 11) is 0. The zero-order valence-corrected chi connectivity index (χ0v) is 20.5. The molecule has 0 saturated carbocycles. The molecule has 2 rings (SSSR count). The molecule has 0 spiro atoms. The van der Waals surface area contributed by atoms with Crippen LogP contribution in [0, 0.1) is 28.6 Å². The zero-order valence-electron chi connectivity index (χ0n) is 14.6. The highest BCUT2D eigenvalue weighted by molar-refractivity contribution is 14.1. The minimum absolute atomic E-state index is 0.0130. The van der Waals surface area contributed by atoms with Crippen molar-refractivity contribution in [2.75, 3.05) is 11.9 Å². The molecule has 0 aliphatic carbocycles. The molecule has 1 N–H and O–H groups in total. The Morgan fingerprint density at radius 1 is 1.28 bits per heavy atom. The molecule has 0 aromatic heterocycles. The predicted molar refractivity (Wildman–Crippen MR) is 128 cm³/mol. The van der Waals surface area contributed by atoms with Crippen LogP contribution in [0.3, 0.4) is 0 Å². The third kappa shape index (κ3) is 5.94. The summed E-state index contributed by atoms with van der Waals surface area (Å²) in [4.78, 5) is 22.7. The fraction of sp³-hybridized carbons (Fsp3) is 0.111. The summed E-state index contributed by atoms with van der Waals surface area (Å²) in [6, 6.07) is 7.53. The highest BCUT2D eigenvalue weighted by atomic mass is 127. The molecular formula is C18H11Cl2I2N3O4. The van der Waals surface area contributed by atoms with Crippen LogP contribution in [0.15, 0.2) is 29.8 Å². The smallest absolute Gasteiger partial charge is 0.272 e. The Balaban J connectivity index is 2.35. The summed E-state index contributed by atoms with van der Waals surface area (Å²) < 4.78 is 7.25. The Morgan fingerprint density at radius 2 is 1.83 bits per heavy atom. The van der Waals surface area contributed by atoms with E-state index in [2.05, 4.69) is 50.5 Å². The summed E-state index contributed by atoms with van der Waals surface area (Å²) in [6.45, 7) is 2.40. The van der Waals surface area contributed by atoms with Gasteiger partial charge in [-0.25, -0.2) is 0 Å². The number of nitrogens with one attached hydrogen (secondary N) is 1. The van der Waals surface area contributed by atoms with Gasteiger partial charge >= 0.3 is 0 Å². The maximum Gasteiger partial charge on any atom is 0.272 e. The number of amides is 1. The van der Waals surface area contributed by atoms with Crippen molar-refractivity contribution in [1.29, 1.82) is 5.26 Å². The van der Waals surface area contributed by atoms with E-state index >= 15 is 0 Å². The number of non-ortho nitro benzene ring substituents is 1. The molecule has 0 aliphatic rings. The van der Waals surface area contributed by atoms with Crippen molar-refractivity contribution in [3.05, 3.63) is 62.7 Å². The number of ether oxygens (including phenoxy) is 1. The van der Waals surface area contributed by atoms with Crippen molar-refractivity contribution >= 4 is 91.7 Å². The second-order valence-electron chi connectivity index (χ2n) is 5.41. The van der Waals surface area contributed by atoms with Crippen LogP contribution in [0.4, 0.5) is 11.4 Å². The van der Waals surface area contributed by atoms with Crippen molar-refractivity contribution in [2.45, 2.75) is 6.92 Å². The van der Waals surface area contributed by atoms with E-state index in [0.29, 0.717) is 12.2 Å². The van der Waals surface area contributed by atoms with E-state index in [4.69, 9.17) is 27.9 Å². The van der Waals surface area contributed by atoms with Crippen molar-refractivity contribution in [3.63, 3.8) is 0 Å². The lowest BCUT2D eigenvalue weighted by molar-refractivity contribution is -0.384. The molecule has 0 saturated heterocycles. The molecule has 0 atom stereocenters. The Kier molecular flexibility index (Phi) is 8.50. The van der Waals surface area contributed by atoms with Gasteiger partial charge in [-0.3, -0.25) is 14.9 Å². The molecule has 150 valence electrons. The van der Waals surface area contributed by atoms with Crippen molar-refractivity contribution in [1.82, 2.24) is 0 Å². The average Bonchev–Trinajstić information content (AvgIpc) is 2.65. The van der Waals surface area contributed by atoms with Gasteiger partial charge < -0.3 is 10.1 Å². The van der Waals surface area contributed by atoms with Gasteiger partial charge in [-0.2, -0.15) is 5.26 Å². The van der Waals surface area contributed by atoms with Gasteiger partial charge in [-0.15, -0.1) is 0 Å². The van der Waals surface area contributed by atoms with E-state index in [1.165, 1.54) is 6.08 Å². The van der Waals surface area contributed by atoms with E-state index in [1.54, 1.807) is 12.1 Å². The number of nitro groups is 1. The minimum atomic E-state index is -0.746. The normalized spacial score (nSPS) is 11.0. The van der Waals surface area contributed by atoms with Crippen LogP contribution in [0.1, 0.15) is 12.5 Å². The molecule has 0 fully saturated rings. The highest BCUT2D eigenvalue weighted by Crippen LogP contribution is 2.35. The lowest BCUT2D eigenvalue weighted by atomic mass is 10.1. The first-order valence-electron chi connectivity index (χ1n) is 7.86. The molecule has 0 heterocycles. The van der Waals surface area contributed by atoms with Crippen LogP contribution >= 0.6 is 68.4 Å². The number of rotatable bonds is 6. The number of nitrogens with zero attached hydrogens (tertiary/aromatic N) is 2. The van der Waals surface area contributed by atoms with Crippen LogP contribution in [0.25, 0.3) is 6.08 Å². The summed E-state index contributed by atoms with van der Waals surface area (Å²) in [5.41, 5.74) is 0.120. The SMILES string of the molecule is CCOc1c(I)cc(/C=C(\C#N)C(=O)Nc2c(Cl)cc([N+](=O)[O-])cc2Cl)cc1I. The molecule has 2 aromatic carbocycles. The highest BCUT2D eigenvalue weighted by Gasteiger charge is 2.18. The molecular weight excluding hydrogens is 647 g/mol. The number of benzene rings is 2. The monoisotopic (exact) mass is 657 g/mol. The molecule has 0 bridgehead atoms. The standard InChI is InChI=1S/C18H11Cl2I2N3O4/c1-2-29-17-14(21)4-9(5-15(17)22)3-10(8-23)18(26)24-16-12(19)6-11(25(27)28)7-13(16)20/h3-7H,2H2,1H3,(H,24,26)/b10-3+. The largest absolute Gasteiger partial charge is 0.492 e. The number of carbonyl (C=O) groups is 1. The summed E-state index contributed by atoms with van der Waals surface area (Å²) in [6.07, 6.45) is 1.42. The zero-order chi connectivity index (χ0) is 21.7. The molecule has 0 aliphatic heterocycles. The molecule has 7 nitrogen and oxygen atoms in total. The van der Waals surface area contributed by atoms with E-state index in [0.717, 1.165) is 25.0 Å². The van der Waals surface area contributed by atoms with Gasteiger partial charge in [0.1, 0.15) is 17.4 Å². The Bertz CT molecular complexity index is 1020. The first-order chi connectivity index (χ1) is 13.7. The first kappa shape index (κ1) is 23.7. The number of carbonyl (C=O) groups excluding carboxylic acids is 1. The van der Waals surface area contributed by atoms with E-state index in [-0.39, 0.29) is 27.0 Å².